The molecule has 0 atom stereocenters. The minimum atomic E-state index is 0.163. The van der Waals surface area contributed by atoms with Crippen molar-refractivity contribution in [3.8, 4) is 0 Å². The van der Waals surface area contributed by atoms with E-state index in [1.54, 1.807) is 0 Å². The fraction of sp³-hybridized carbons (Fsp3) is 0.304. The largest absolute Gasteiger partial charge is 0.297 e. The summed E-state index contributed by atoms with van der Waals surface area (Å²) >= 11 is 0. The van der Waals surface area contributed by atoms with Crippen LogP contribution in [-0.2, 0) is 13.0 Å². The molecule has 0 aromatic heterocycles. The van der Waals surface area contributed by atoms with E-state index in [9.17, 15) is 0 Å². The Balaban J connectivity index is 2.00. The van der Waals surface area contributed by atoms with Crippen molar-refractivity contribution in [2.75, 3.05) is 7.05 Å². The molecule has 0 heterocycles. The van der Waals surface area contributed by atoms with Crippen LogP contribution in [0.4, 0.5) is 0 Å². The van der Waals surface area contributed by atoms with Crippen molar-refractivity contribution in [2.24, 2.45) is 0 Å². The molecule has 0 unspecified atom stereocenters. The molecule has 124 valence electrons. The second-order valence-electron chi connectivity index (χ2n) is 7.67. The molecule has 0 amide bonds. The highest BCUT2D eigenvalue weighted by atomic mass is 15.1. The van der Waals surface area contributed by atoms with E-state index >= 15 is 0 Å². The van der Waals surface area contributed by atoms with E-state index in [1.165, 1.54) is 27.5 Å². The van der Waals surface area contributed by atoms with Gasteiger partial charge in [-0.25, -0.2) is 0 Å². The third-order valence-corrected chi connectivity index (χ3v) is 4.81. The van der Waals surface area contributed by atoms with Gasteiger partial charge in [-0.3, -0.25) is 4.90 Å². The maximum atomic E-state index is 2.42. The predicted molar refractivity (Wildman–Crippen MR) is 104 cm³/mol. The number of hydrogen-bond donors (Lipinski definition) is 0. The highest BCUT2D eigenvalue weighted by molar-refractivity contribution is 5.86. The second kappa shape index (κ2) is 6.78. The average molecular weight is 317 g/mol. The van der Waals surface area contributed by atoms with Crippen LogP contribution in [-0.4, -0.2) is 17.5 Å². The summed E-state index contributed by atoms with van der Waals surface area (Å²) in [6.45, 7) is 7.77. The van der Waals surface area contributed by atoms with Crippen molar-refractivity contribution in [3.05, 3.63) is 83.4 Å². The first-order valence-corrected chi connectivity index (χ1v) is 8.69. The van der Waals surface area contributed by atoms with E-state index in [4.69, 9.17) is 0 Å². The lowest BCUT2D eigenvalue weighted by Crippen LogP contribution is -2.37. The van der Waals surface area contributed by atoms with Gasteiger partial charge in [0.2, 0.25) is 0 Å². The van der Waals surface area contributed by atoms with Crippen molar-refractivity contribution >= 4 is 10.8 Å². The summed E-state index contributed by atoms with van der Waals surface area (Å²) in [7, 11) is 2.21. The number of hydrogen-bond acceptors (Lipinski definition) is 1. The summed E-state index contributed by atoms with van der Waals surface area (Å²) in [6.07, 6.45) is 0.984. The molecule has 0 aliphatic rings. The van der Waals surface area contributed by atoms with Gasteiger partial charge in [-0.1, -0.05) is 66.7 Å². The van der Waals surface area contributed by atoms with E-state index in [0.717, 1.165) is 13.0 Å². The Morgan fingerprint density at radius 2 is 1.46 bits per heavy atom. The molecular formula is C23H27N. The van der Waals surface area contributed by atoms with E-state index < -0.39 is 0 Å². The van der Waals surface area contributed by atoms with Crippen LogP contribution < -0.4 is 0 Å². The third-order valence-electron chi connectivity index (χ3n) is 4.81. The molecule has 0 N–H and O–H groups in total. The fourth-order valence-electron chi connectivity index (χ4n) is 3.02. The van der Waals surface area contributed by atoms with Gasteiger partial charge in [0.05, 0.1) is 0 Å². The zero-order valence-electron chi connectivity index (χ0n) is 15.2. The minimum Gasteiger partial charge on any atom is -0.297 e. The highest BCUT2D eigenvalue weighted by Crippen LogP contribution is 2.25. The van der Waals surface area contributed by atoms with Crippen molar-refractivity contribution in [1.29, 1.82) is 0 Å². The zero-order chi connectivity index (χ0) is 17.2. The SMILES string of the molecule is CN(Cc1cc(Cc2ccccc2)cc2ccccc12)C(C)(C)C. The highest BCUT2D eigenvalue weighted by Gasteiger charge is 2.18. The van der Waals surface area contributed by atoms with E-state index in [-0.39, 0.29) is 5.54 Å². The normalized spacial score (nSPS) is 12.0. The standard InChI is InChI=1S/C23H27N/c1-23(2,3)24(4)17-21-16-19(14-18-10-6-5-7-11-18)15-20-12-8-9-13-22(20)21/h5-13,15-16H,14,17H2,1-4H3. The summed E-state index contributed by atoms with van der Waals surface area (Å²) in [4.78, 5) is 2.42. The minimum absolute atomic E-state index is 0.163. The van der Waals surface area contributed by atoms with Crippen LogP contribution in [0, 0.1) is 0 Å². The quantitative estimate of drug-likeness (QED) is 0.600. The molecular weight excluding hydrogens is 290 g/mol. The van der Waals surface area contributed by atoms with Crippen LogP contribution in [0.3, 0.4) is 0 Å². The fourth-order valence-corrected chi connectivity index (χ4v) is 3.02. The Morgan fingerprint density at radius 3 is 2.17 bits per heavy atom. The van der Waals surface area contributed by atoms with Crippen molar-refractivity contribution in [1.82, 2.24) is 4.90 Å². The van der Waals surface area contributed by atoms with Crippen molar-refractivity contribution < 1.29 is 0 Å². The second-order valence-corrected chi connectivity index (χ2v) is 7.67. The number of nitrogens with zero attached hydrogens (tertiary/aromatic N) is 1. The smallest absolute Gasteiger partial charge is 0.0242 e. The molecule has 1 heteroatoms. The summed E-state index contributed by atoms with van der Waals surface area (Å²) in [5, 5.41) is 2.70. The number of rotatable bonds is 4. The maximum absolute atomic E-state index is 2.42. The molecule has 0 saturated carbocycles. The Hall–Kier alpha value is -2.12. The number of benzene rings is 3. The number of fused-ring (bicyclic) bond motifs is 1. The molecule has 0 aliphatic carbocycles. The van der Waals surface area contributed by atoms with Gasteiger partial charge in [0.15, 0.2) is 0 Å². The summed E-state index contributed by atoms with van der Waals surface area (Å²) in [5.74, 6) is 0. The molecule has 3 aromatic carbocycles. The summed E-state index contributed by atoms with van der Waals surface area (Å²) in [5.41, 5.74) is 4.33. The van der Waals surface area contributed by atoms with Gasteiger partial charge < -0.3 is 0 Å². The van der Waals surface area contributed by atoms with Gasteiger partial charge in [0, 0.05) is 12.1 Å². The van der Waals surface area contributed by atoms with Crippen molar-refractivity contribution in [2.45, 2.75) is 39.3 Å². The van der Waals surface area contributed by atoms with Crippen LogP contribution in [0.5, 0.6) is 0 Å². The van der Waals surface area contributed by atoms with Crippen LogP contribution in [0.25, 0.3) is 10.8 Å². The molecule has 0 saturated heterocycles. The van der Waals surface area contributed by atoms with Crippen molar-refractivity contribution in [3.63, 3.8) is 0 Å². The molecule has 0 bridgehead atoms. The third kappa shape index (κ3) is 3.85. The Labute approximate surface area is 145 Å². The average Bonchev–Trinajstić information content (AvgIpc) is 2.55. The first kappa shape index (κ1) is 16.7. The molecule has 0 fully saturated rings. The van der Waals surface area contributed by atoms with Gasteiger partial charge in [-0.2, -0.15) is 0 Å². The van der Waals surface area contributed by atoms with Gasteiger partial charge in [0.25, 0.3) is 0 Å². The summed E-state index contributed by atoms with van der Waals surface area (Å²) in [6, 6.07) is 24.2. The monoisotopic (exact) mass is 317 g/mol. The Kier molecular flexibility index (Phi) is 4.73. The Morgan fingerprint density at radius 1 is 0.792 bits per heavy atom. The molecule has 3 rings (SSSR count). The van der Waals surface area contributed by atoms with Crippen LogP contribution in [0.2, 0.25) is 0 Å². The lowest BCUT2D eigenvalue weighted by atomic mass is 9.96. The molecule has 0 aliphatic heterocycles. The molecule has 0 spiro atoms. The van der Waals surface area contributed by atoms with Gasteiger partial charge >= 0.3 is 0 Å². The van der Waals surface area contributed by atoms with E-state index in [0.29, 0.717) is 0 Å². The first-order chi connectivity index (χ1) is 11.4. The van der Waals surface area contributed by atoms with Gasteiger partial charge in [-0.15, -0.1) is 0 Å². The van der Waals surface area contributed by atoms with Crippen LogP contribution in [0.15, 0.2) is 66.7 Å². The Bertz CT molecular complexity index is 812. The molecule has 3 aromatic rings. The predicted octanol–water partition coefficient (Wildman–Crippen LogP) is 5.66. The van der Waals surface area contributed by atoms with E-state index in [2.05, 4.69) is 99.4 Å². The first-order valence-electron chi connectivity index (χ1n) is 8.69. The lowest BCUT2D eigenvalue weighted by Gasteiger charge is -2.32. The van der Waals surface area contributed by atoms with Crippen LogP contribution in [0.1, 0.15) is 37.5 Å². The maximum Gasteiger partial charge on any atom is 0.0242 e. The molecule has 0 radical (unpaired) electrons. The lowest BCUT2D eigenvalue weighted by molar-refractivity contribution is 0.168. The topological polar surface area (TPSA) is 3.24 Å². The summed E-state index contributed by atoms with van der Waals surface area (Å²) < 4.78 is 0. The molecule has 24 heavy (non-hydrogen) atoms. The van der Waals surface area contributed by atoms with E-state index in [1.807, 2.05) is 0 Å². The van der Waals surface area contributed by atoms with Crippen LogP contribution >= 0.6 is 0 Å². The van der Waals surface area contributed by atoms with Gasteiger partial charge in [0.1, 0.15) is 0 Å². The van der Waals surface area contributed by atoms with Gasteiger partial charge in [-0.05, 0) is 61.7 Å². The zero-order valence-corrected chi connectivity index (χ0v) is 15.2. The molecule has 1 nitrogen and oxygen atoms in total.